The van der Waals surface area contributed by atoms with Gasteiger partial charge in [-0.2, -0.15) is 0 Å². The van der Waals surface area contributed by atoms with Gasteiger partial charge >= 0.3 is 0 Å². The lowest BCUT2D eigenvalue weighted by Gasteiger charge is -2.22. The standard InChI is InChI=1S/C35H35NOS/c1-20(2)14-32-22(4)26-13-12-24(18-33(26)38-32)28-19-31(36-34-29(28)15-21(3)37-34)25-16-23-10-8-9-11-27(23)30(17-25)35(5,6)7/h8-13,15-20H,14H2,1-7H3. The molecule has 6 rings (SSSR count). The number of benzene rings is 3. The summed E-state index contributed by atoms with van der Waals surface area (Å²) in [6.45, 7) is 15.7. The molecule has 0 unspecified atom stereocenters. The third-order valence-corrected chi connectivity index (χ3v) is 8.81. The summed E-state index contributed by atoms with van der Waals surface area (Å²) in [6.07, 6.45) is 1.13. The van der Waals surface area contributed by atoms with Gasteiger partial charge in [-0.3, -0.25) is 0 Å². The van der Waals surface area contributed by atoms with Crippen molar-refractivity contribution in [3.8, 4) is 22.4 Å². The molecule has 0 saturated carbocycles. The second kappa shape index (κ2) is 9.10. The molecule has 0 saturated heterocycles. The zero-order chi connectivity index (χ0) is 26.8. The Bertz CT molecular complexity index is 1830. The summed E-state index contributed by atoms with van der Waals surface area (Å²) in [7, 11) is 0. The third-order valence-electron chi connectivity index (χ3n) is 7.54. The maximum Gasteiger partial charge on any atom is 0.227 e. The van der Waals surface area contributed by atoms with E-state index >= 15 is 0 Å². The van der Waals surface area contributed by atoms with Crippen LogP contribution in [0.3, 0.4) is 0 Å². The summed E-state index contributed by atoms with van der Waals surface area (Å²) in [4.78, 5) is 6.53. The van der Waals surface area contributed by atoms with Gasteiger partial charge in [0, 0.05) is 20.5 Å². The number of pyridine rings is 1. The van der Waals surface area contributed by atoms with E-state index in [2.05, 4.69) is 108 Å². The molecule has 0 radical (unpaired) electrons. The summed E-state index contributed by atoms with van der Waals surface area (Å²) in [5.41, 5.74) is 7.92. The number of hydrogen-bond donors (Lipinski definition) is 0. The molecule has 0 aliphatic rings. The molecule has 3 heterocycles. The Morgan fingerprint density at radius 3 is 2.39 bits per heavy atom. The Balaban J connectivity index is 1.57. The molecule has 0 aliphatic carbocycles. The third kappa shape index (κ3) is 4.33. The molecule has 3 heteroatoms. The molecule has 2 nitrogen and oxygen atoms in total. The van der Waals surface area contributed by atoms with E-state index in [4.69, 9.17) is 9.40 Å². The van der Waals surface area contributed by atoms with E-state index in [0.717, 1.165) is 28.8 Å². The van der Waals surface area contributed by atoms with Crippen LogP contribution in [0.4, 0.5) is 0 Å². The van der Waals surface area contributed by atoms with E-state index in [1.165, 1.54) is 48.0 Å². The quantitative estimate of drug-likeness (QED) is 0.232. The number of fused-ring (bicyclic) bond motifs is 3. The minimum Gasteiger partial charge on any atom is -0.443 e. The Morgan fingerprint density at radius 1 is 0.842 bits per heavy atom. The molecule has 192 valence electrons. The molecule has 0 amide bonds. The van der Waals surface area contributed by atoms with Crippen molar-refractivity contribution in [3.63, 3.8) is 0 Å². The van der Waals surface area contributed by atoms with E-state index < -0.39 is 0 Å². The topological polar surface area (TPSA) is 26.0 Å². The fourth-order valence-corrected chi connectivity index (χ4v) is 7.07. The number of furan rings is 1. The molecule has 0 atom stereocenters. The minimum atomic E-state index is 0.0135. The van der Waals surface area contributed by atoms with E-state index in [1.807, 2.05) is 18.3 Å². The van der Waals surface area contributed by atoms with Crippen molar-refractivity contribution in [3.05, 3.63) is 88.5 Å². The number of hydrogen-bond acceptors (Lipinski definition) is 3. The number of thiophene rings is 1. The molecule has 6 aromatic rings. The molecule has 3 aromatic heterocycles. The predicted octanol–water partition coefficient (Wildman–Crippen LogP) is 10.6. The van der Waals surface area contributed by atoms with Crippen molar-refractivity contribution < 1.29 is 4.42 Å². The van der Waals surface area contributed by atoms with Gasteiger partial charge in [0.05, 0.1) is 5.69 Å². The second-order valence-electron chi connectivity index (χ2n) is 12.1. The van der Waals surface area contributed by atoms with Crippen molar-refractivity contribution in [1.82, 2.24) is 4.98 Å². The van der Waals surface area contributed by atoms with Gasteiger partial charge < -0.3 is 4.42 Å². The summed E-state index contributed by atoms with van der Waals surface area (Å²) in [5, 5.41) is 4.97. The largest absolute Gasteiger partial charge is 0.443 e. The van der Waals surface area contributed by atoms with E-state index in [1.54, 1.807) is 0 Å². The fraction of sp³-hybridized carbons (Fsp3) is 0.286. The highest BCUT2D eigenvalue weighted by Crippen LogP contribution is 2.40. The van der Waals surface area contributed by atoms with Crippen LogP contribution in [0.1, 0.15) is 56.4 Å². The summed E-state index contributed by atoms with van der Waals surface area (Å²) in [5.74, 6) is 1.53. The van der Waals surface area contributed by atoms with Crippen molar-refractivity contribution in [2.24, 2.45) is 5.92 Å². The van der Waals surface area contributed by atoms with Crippen LogP contribution < -0.4 is 0 Å². The SMILES string of the molecule is Cc1cc2c(-c3ccc4c(C)c(CC(C)C)sc4c3)cc(-c3cc(C(C)(C)C)c4ccccc4c3)nc2o1. The minimum absolute atomic E-state index is 0.0135. The maximum atomic E-state index is 6.12. The molecule has 0 N–H and O–H groups in total. The number of aromatic nitrogens is 1. The van der Waals surface area contributed by atoms with Crippen molar-refractivity contribution in [2.45, 2.75) is 60.3 Å². The zero-order valence-electron chi connectivity index (χ0n) is 23.4. The molecule has 3 aromatic carbocycles. The molecular weight excluding hydrogens is 482 g/mol. The van der Waals surface area contributed by atoms with Crippen molar-refractivity contribution in [1.29, 1.82) is 0 Å². The van der Waals surface area contributed by atoms with Crippen LogP contribution in [0.25, 0.3) is 54.3 Å². The Labute approximate surface area is 229 Å². The number of aryl methyl sites for hydroxylation is 2. The van der Waals surface area contributed by atoms with Crippen LogP contribution in [0, 0.1) is 19.8 Å². The van der Waals surface area contributed by atoms with Gasteiger partial charge in [0.2, 0.25) is 5.71 Å². The van der Waals surface area contributed by atoms with Crippen molar-refractivity contribution >= 4 is 43.3 Å². The van der Waals surface area contributed by atoms with Gasteiger partial charge in [0.25, 0.3) is 0 Å². The summed E-state index contributed by atoms with van der Waals surface area (Å²) in [6, 6.07) is 24.6. The average molecular weight is 518 g/mol. The second-order valence-corrected chi connectivity index (χ2v) is 13.2. The van der Waals surface area contributed by atoms with Gasteiger partial charge in [-0.1, -0.05) is 71.0 Å². The molecule has 0 fully saturated rings. The van der Waals surface area contributed by atoms with Crippen LogP contribution in [0.2, 0.25) is 0 Å². The first-order valence-corrected chi connectivity index (χ1v) is 14.4. The van der Waals surface area contributed by atoms with E-state index in [0.29, 0.717) is 11.6 Å². The first kappa shape index (κ1) is 24.9. The molecule has 0 spiro atoms. The van der Waals surface area contributed by atoms with Gasteiger partial charge in [-0.05, 0) is 100 Å². The van der Waals surface area contributed by atoms with Crippen LogP contribution in [-0.2, 0) is 11.8 Å². The first-order chi connectivity index (χ1) is 18.1. The summed E-state index contributed by atoms with van der Waals surface area (Å²) < 4.78 is 7.47. The molecule has 0 bridgehead atoms. The lowest BCUT2D eigenvalue weighted by Crippen LogP contribution is -2.12. The monoisotopic (exact) mass is 517 g/mol. The molecule has 0 aliphatic heterocycles. The Kier molecular flexibility index (Phi) is 5.96. The normalized spacial score (nSPS) is 12.4. The molecule has 38 heavy (non-hydrogen) atoms. The van der Waals surface area contributed by atoms with E-state index in [-0.39, 0.29) is 5.41 Å². The van der Waals surface area contributed by atoms with E-state index in [9.17, 15) is 0 Å². The van der Waals surface area contributed by atoms with Crippen molar-refractivity contribution in [2.75, 3.05) is 0 Å². The van der Waals surface area contributed by atoms with Crippen LogP contribution in [-0.4, -0.2) is 4.98 Å². The smallest absolute Gasteiger partial charge is 0.227 e. The zero-order valence-corrected chi connectivity index (χ0v) is 24.2. The highest BCUT2D eigenvalue weighted by atomic mass is 32.1. The van der Waals surface area contributed by atoms with Crippen LogP contribution in [0.5, 0.6) is 0 Å². The van der Waals surface area contributed by atoms with Gasteiger partial charge in [0.15, 0.2) is 0 Å². The number of nitrogens with zero attached hydrogens (tertiary/aromatic N) is 1. The lowest BCUT2D eigenvalue weighted by molar-refractivity contribution is 0.568. The van der Waals surface area contributed by atoms with Crippen LogP contribution in [0.15, 0.2) is 71.1 Å². The Hall–Kier alpha value is -3.43. The number of rotatable bonds is 4. The first-order valence-electron chi connectivity index (χ1n) is 13.6. The maximum absolute atomic E-state index is 6.12. The summed E-state index contributed by atoms with van der Waals surface area (Å²) >= 11 is 1.94. The predicted molar refractivity (Wildman–Crippen MR) is 164 cm³/mol. The molecular formula is C35H35NOS. The average Bonchev–Trinajstić information content (AvgIpc) is 3.39. The highest BCUT2D eigenvalue weighted by molar-refractivity contribution is 7.19. The van der Waals surface area contributed by atoms with Gasteiger partial charge in [0.1, 0.15) is 5.76 Å². The van der Waals surface area contributed by atoms with Crippen LogP contribution >= 0.6 is 11.3 Å². The highest BCUT2D eigenvalue weighted by Gasteiger charge is 2.20. The Morgan fingerprint density at radius 2 is 1.63 bits per heavy atom. The lowest BCUT2D eigenvalue weighted by atomic mass is 9.82. The fourth-order valence-electron chi connectivity index (χ4n) is 5.61. The van der Waals surface area contributed by atoms with Gasteiger partial charge in [-0.25, -0.2) is 4.98 Å². The van der Waals surface area contributed by atoms with Gasteiger partial charge in [-0.15, -0.1) is 11.3 Å².